The molecule has 1 aromatic rings. The molecule has 1 amide bonds. The highest BCUT2D eigenvalue weighted by Gasteiger charge is 2.26. The second kappa shape index (κ2) is 9.49. The van der Waals surface area contributed by atoms with Gasteiger partial charge in [0.1, 0.15) is 17.2 Å². The number of carbonyl (C=O) groups excluding carboxylic acids is 1. The molecule has 0 radical (unpaired) electrons. The number of hydrogen-bond acceptors (Lipinski definition) is 4. The highest BCUT2D eigenvalue weighted by atomic mass is 32.2. The van der Waals surface area contributed by atoms with Gasteiger partial charge in [-0.05, 0) is 70.8 Å². The summed E-state index contributed by atoms with van der Waals surface area (Å²) in [4.78, 5) is 14.5. The zero-order valence-corrected chi connectivity index (χ0v) is 17.0. The molecule has 0 aliphatic carbocycles. The minimum absolute atomic E-state index is 0.213. The van der Waals surface area contributed by atoms with E-state index in [0.717, 1.165) is 38.8 Å². The van der Waals surface area contributed by atoms with E-state index in [-0.39, 0.29) is 11.9 Å². The van der Waals surface area contributed by atoms with E-state index in [1.165, 1.54) is 17.8 Å². The number of benzene rings is 1. The van der Waals surface area contributed by atoms with Crippen molar-refractivity contribution in [1.29, 1.82) is 0 Å². The highest BCUT2D eigenvalue weighted by Crippen LogP contribution is 2.25. The van der Waals surface area contributed by atoms with Gasteiger partial charge in [0.05, 0.1) is 6.61 Å². The van der Waals surface area contributed by atoms with Gasteiger partial charge in [0.2, 0.25) is 0 Å². The van der Waals surface area contributed by atoms with Crippen molar-refractivity contribution in [3.63, 3.8) is 0 Å². The van der Waals surface area contributed by atoms with Gasteiger partial charge in [-0.2, -0.15) is 0 Å². The molecule has 0 unspecified atom stereocenters. The maximum atomic E-state index is 13.7. The quantitative estimate of drug-likeness (QED) is 0.490. The molecule has 2 rings (SSSR count). The average Bonchev–Trinajstić information content (AvgIpc) is 2.58. The van der Waals surface area contributed by atoms with Crippen molar-refractivity contribution in [2.75, 3.05) is 26.0 Å². The summed E-state index contributed by atoms with van der Waals surface area (Å²) in [7, 11) is 0. The molecule has 1 aliphatic rings. The summed E-state index contributed by atoms with van der Waals surface area (Å²) < 4.78 is 24.8. The van der Waals surface area contributed by atoms with Gasteiger partial charge in [-0.1, -0.05) is 0 Å². The van der Waals surface area contributed by atoms with Crippen LogP contribution in [0.4, 0.5) is 9.18 Å². The standard InChI is InChI=1S/C20H30FNO3S/c1-20(2,3)25-19(23)22-11-9-15(10-12-22)6-5-13-24-16-7-8-18(26-4)17(21)14-16/h7-8,14-15H,5-6,9-13H2,1-4H3. The lowest BCUT2D eigenvalue weighted by Gasteiger charge is -2.33. The Hall–Kier alpha value is -1.43. The van der Waals surface area contributed by atoms with Gasteiger partial charge in [0.15, 0.2) is 0 Å². The van der Waals surface area contributed by atoms with Gasteiger partial charge >= 0.3 is 6.09 Å². The first-order chi connectivity index (χ1) is 12.3. The first kappa shape index (κ1) is 20.9. The van der Waals surface area contributed by atoms with Gasteiger partial charge < -0.3 is 14.4 Å². The molecule has 0 N–H and O–H groups in total. The largest absolute Gasteiger partial charge is 0.493 e. The normalized spacial score (nSPS) is 15.8. The van der Waals surface area contributed by atoms with Crippen molar-refractivity contribution < 1.29 is 18.7 Å². The van der Waals surface area contributed by atoms with E-state index in [1.807, 2.05) is 33.1 Å². The fourth-order valence-corrected chi connectivity index (χ4v) is 3.49. The van der Waals surface area contributed by atoms with E-state index in [0.29, 0.717) is 23.2 Å². The lowest BCUT2D eigenvalue weighted by Crippen LogP contribution is -2.41. The lowest BCUT2D eigenvalue weighted by molar-refractivity contribution is 0.0179. The van der Waals surface area contributed by atoms with Gasteiger partial charge in [-0.3, -0.25) is 0 Å². The summed E-state index contributed by atoms with van der Waals surface area (Å²) in [6.45, 7) is 7.75. The molecule has 26 heavy (non-hydrogen) atoms. The van der Waals surface area contributed by atoms with Crippen molar-refractivity contribution in [2.45, 2.75) is 57.0 Å². The monoisotopic (exact) mass is 383 g/mol. The molecule has 1 saturated heterocycles. The molecule has 0 bridgehead atoms. The Bertz CT molecular complexity index is 595. The molecule has 1 heterocycles. The predicted octanol–water partition coefficient (Wildman–Crippen LogP) is 5.35. The first-order valence-electron chi connectivity index (χ1n) is 9.23. The van der Waals surface area contributed by atoms with Crippen molar-refractivity contribution in [1.82, 2.24) is 4.90 Å². The molecule has 146 valence electrons. The third-order valence-electron chi connectivity index (χ3n) is 4.41. The molecule has 0 spiro atoms. The van der Waals surface area contributed by atoms with Crippen LogP contribution in [0.25, 0.3) is 0 Å². The molecule has 0 saturated carbocycles. The average molecular weight is 384 g/mol. The third kappa shape index (κ3) is 6.71. The van der Waals surface area contributed by atoms with Crippen LogP contribution in [0.5, 0.6) is 5.75 Å². The van der Waals surface area contributed by atoms with Crippen molar-refractivity contribution in [2.24, 2.45) is 5.92 Å². The van der Waals surface area contributed by atoms with E-state index >= 15 is 0 Å². The summed E-state index contributed by atoms with van der Waals surface area (Å²) in [5.74, 6) is 0.956. The Labute approximate surface area is 160 Å². The lowest BCUT2D eigenvalue weighted by atomic mass is 9.92. The number of nitrogens with zero attached hydrogens (tertiary/aromatic N) is 1. The molecule has 1 aromatic carbocycles. The van der Waals surface area contributed by atoms with Gasteiger partial charge in [0, 0.05) is 24.1 Å². The smallest absolute Gasteiger partial charge is 0.410 e. The van der Waals surface area contributed by atoms with Crippen LogP contribution in [0.15, 0.2) is 23.1 Å². The number of amides is 1. The Morgan fingerprint density at radius 3 is 2.58 bits per heavy atom. The fraction of sp³-hybridized carbons (Fsp3) is 0.650. The maximum absolute atomic E-state index is 13.7. The van der Waals surface area contributed by atoms with Crippen LogP contribution in [0, 0.1) is 11.7 Å². The van der Waals surface area contributed by atoms with Crippen LogP contribution in [-0.4, -0.2) is 42.5 Å². The van der Waals surface area contributed by atoms with E-state index in [4.69, 9.17) is 9.47 Å². The van der Waals surface area contributed by atoms with Crippen LogP contribution in [-0.2, 0) is 4.74 Å². The summed E-state index contributed by atoms with van der Waals surface area (Å²) in [5, 5.41) is 0. The number of halogens is 1. The number of carbonyl (C=O) groups is 1. The van der Waals surface area contributed by atoms with Crippen molar-refractivity contribution in [3.8, 4) is 5.75 Å². The number of thioether (sulfide) groups is 1. The van der Waals surface area contributed by atoms with E-state index < -0.39 is 5.60 Å². The van der Waals surface area contributed by atoms with E-state index in [1.54, 1.807) is 11.0 Å². The van der Waals surface area contributed by atoms with Crippen molar-refractivity contribution >= 4 is 17.9 Å². The number of ether oxygens (including phenoxy) is 2. The number of hydrogen-bond donors (Lipinski definition) is 0. The van der Waals surface area contributed by atoms with Crippen molar-refractivity contribution in [3.05, 3.63) is 24.0 Å². The Morgan fingerprint density at radius 2 is 2.00 bits per heavy atom. The number of likely N-dealkylation sites (tertiary alicyclic amines) is 1. The maximum Gasteiger partial charge on any atom is 0.410 e. The second-order valence-corrected chi connectivity index (χ2v) is 8.55. The van der Waals surface area contributed by atoms with Crippen LogP contribution < -0.4 is 4.74 Å². The topological polar surface area (TPSA) is 38.8 Å². The summed E-state index contributed by atoms with van der Waals surface area (Å²) in [6.07, 6.45) is 5.63. The molecular formula is C20H30FNO3S. The molecule has 0 aromatic heterocycles. The zero-order chi connectivity index (χ0) is 19.2. The van der Waals surface area contributed by atoms with Crippen LogP contribution in [0.1, 0.15) is 46.5 Å². The molecule has 1 aliphatic heterocycles. The summed E-state index contributed by atoms with van der Waals surface area (Å²) in [5.41, 5.74) is -0.446. The zero-order valence-electron chi connectivity index (χ0n) is 16.2. The molecular weight excluding hydrogens is 353 g/mol. The van der Waals surface area contributed by atoms with Crippen LogP contribution >= 0.6 is 11.8 Å². The number of rotatable bonds is 6. The minimum Gasteiger partial charge on any atom is -0.493 e. The molecule has 1 fully saturated rings. The van der Waals surface area contributed by atoms with E-state index in [9.17, 15) is 9.18 Å². The summed E-state index contributed by atoms with van der Waals surface area (Å²) in [6, 6.07) is 5.01. The molecule has 0 atom stereocenters. The summed E-state index contributed by atoms with van der Waals surface area (Å²) >= 11 is 1.39. The number of piperidine rings is 1. The van der Waals surface area contributed by atoms with Gasteiger partial charge in [-0.15, -0.1) is 11.8 Å². The SMILES string of the molecule is CSc1ccc(OCCCC2CCN(C(=O)OC(C)(C)C)CC2)cc1F. The first-order valence-corrected chi connectivity index (χ1v) is 10.5. The Morgan fingerprint density at radius 1 is 1.31 bits per heavy atom. The third-order valence-corrected chi connectivity index (χ3v) is 5.19. The minimum atomic E-state index is -0.446. The molecule has 4 nitrogen and oxygen atoms in total. The molecule has 6 heteroatoms. The van der Waals surface area contributed by atoms with Gasteiger partial charge in [0.25, 0.3) is 0 Å². The van der Waals surface area contributed by atoms with Crippen LogP contribution in [0.3, 0.4) is 0 Å². The Balaban J connectivity index is 1.64. The predicted molar refractivity (Wildman–Crippen MR) is 103 cm³/mol. The Kier molecular flexibility index (Phi) is 7.62. The highest BCUT2D eigenvalue weighted by molar-refractivity contribution is 7.98. The second-order valence-electron chi connectivity index (χ2n) is 7.70. The van der Waals surface area contributed by atoms with E-state index in [2.05, 4.69) is 0 Å². The van der Waals surface area contributed by atoms with Crippen LogP contribution in [0.2, 0.25) is 0 Å². The fourth-order valence-electron chi connectivity index (χ4n) is 3.03. The van der Waals surface area contributed by atoms with Gasteiger partial charge in [-0.25, -0.2) is 9.18 Å².